The number of hydrogen-bond acceptors (Lipinski definition) is 4. The molecule has 29 heavy (non-hydrogen) atoms. The van der Waals surface area contributed by atoms with Gasteiger partial charge in [-0.05, 0) is 43.0 Å². The molecule has 156 valence electrons. The van der Waals surface area contributed by atoms with Crippen LogP contribution in [0.2, 0.25) is 0 Å². The number of sulfonamides is 1. The van der Waals surface area contributed by atoms with Gasteiger partial charge in [-0.15, -0.1) is 0 Å². The molecule has 0 unspecified atom stereocenters. The second-order valence-corrected chi connectivity index (χ2v) is 9.05. The lowest BCUT2D eigenvalue weighted by molar-refractivity contribution is -0.119. The average Bonchev–Trinajstić information content (AvgIpc) is 2.69. The van der Waals surface area contributed by atoms with E-state index in [9.17, 15) is 17.6 Å². The third-order valence-corrected chi connectivity index (χ3v) is 6.07. The van der Waals surface area contributed by atoms with Crippen molar-refractivity contribution in [1.82, 2.24) is 5.32 Å². The molecule has 0 fully saturated rings. The number of amides is 1. The van der Waals surface area contributed by atoms with Gasteiger partial charge in [0.2, 0.25) is 15.9 Å². The van der Waals surface area contributed by atoms with E-state index in [-0.39, 0.29) is 5.69 Å². The summed E-state index contributed by atoms with van der Waals surface area (Å²) < 4.78 is 38.9. The Morgan fingerprint density at radius 1 is 1.17 bits per heavy atom. The minimum absolute atomic E-state index is 0.130. The molecule has 1 N–H and O–H groups in total. The maximum absolute atomic E-state index is 14.0. The van der Waals surface area contributed by atoms with Crippen LogP contribution in [0.5, 0.6) is 0 Å². The summed E-state index contributed by atoms with van der Waals surface area (Å²) in [5.41, 5.74) is 2.46. The van der Waals surface area contributed by atoms with Crippen LogP contribution in [-0.4, -0.2) is 46.8 Å². The molecule has 3 rings (SSSR count). The maximum Gasteiger partial charge on any atom is 0.240 e. The number of rotatable bonds is 8. The summed E-state index contributed by atoms with van der Waals surface area (Å²) in [6.45, 7) is 1.76. The quantitative estimate of drug-likeness (QED) is 0.668. The Labute approximate surface area is 171 Å². The van der Waals surface area contributed by atoms with Crippen molar-refractivity contribution in [2.45, 2.75) is 19.3 Å². The van der Waals surface area contributed by atoms with E-state index in [4.69, 9.17) is 0 Å². The third-order valence-electron chi connectivity index (χ3n) is 4.94. The zero-order valence-corrected chi connectivity index (χ0v) is 17.3. The van der Waals surface area contributed by atoms with Crippen LogP contribution in [0, 0.1) is 5.82 Å². The molecule has 0 aliphatic carbocycles. The molecule has 2 aromatic carbocycles. The van der Waals surface area contributed by atoms with Crippen LogP contribution in [-0.2, 0) is 21.2 Å². The molecule has 2 aromatic rings. The lowest BCUT2D eigenvalue weighted by Gasteiger charge is -2.31. The summed E-state index contributed by atoms with van der Waals surface area (Å²) in [6, 6.07) is 13.9. The summed E-state index contributed by atoms with van der Waals surface area (Å²) in [5.74, 6) is -1.15. The number of para-hydroxylation sites is 2. The zero-order chi connectivity index (χ0) is 20.9. The van der Waals surface area contributed by atoms with Gasteiger partial charge in [0.05, 0.1) is 11.9 Å². The number of halogens is 1. The van der Waals surface area contributed by atoms with Crippen molar-refractivity contribution in [2.24, 2.45) is 0 Å². The SMILES string of the molecule is CS(=O)(=O)N(CC(=O)NCCCN1CCCc2ccccc21)c1ccccc1F. The fourth-order valence-electron chi connectivity index (χ4n) is 3.56. The van der Waals surface area contributed by atoms with E-state index < -0.39 is 28.3 Å². The maximum atomic E-state index is 14.0. The van der Waals surface area contributed by atoms with Crippen LogP contribution in [0.4, 0.5) is 15.8 Å². The number of hydrogen-bond donors (Lipinski definition) is 1. The normalized spacial score (nSPS) is 13.7. The monoisotopic (exact) mass is 419 g/mol. The minimum atomic E-state index is -3.79. The Bertz CT molecular complexity index is 965. The lowest BCUT2D eigenvalue weighted by atomic mass is 10.0. The molecule has 1 aliphatic heterocycles. The average molecular weight is 420 g/mol. The zero-order valence-electron chi connectivity index (χ0n) is 16.5. The highest BCUT2D eigenvalue weighted by Gasteiger charge is 2.23. The number of benzene rings is 2. The van der Waals surface area contributed by atoms with E-state index in [1.165, 1.54) is 35.5 Å². The molecule has 6 nitrogen and oxygen atoms in total. The molecule has 0 spiro atoms. The standard InChI is InChI=1S/C21H26FN3O3S/c1-29(27,28)25(20-12-5-3-10-18(20)22)16-21(26)23-13-7-15-24-14-6-9-17-8-2-4-11-19(17)24/h2-5,8,10-12H,6-7,9,13-16H2,1H3,(H,23,26). The molecule has 0 aromatic heterocycles. The molecular weight excluding hydrogens is 393 g/mol. The van der Waals surface area contributed by atoms with Gasteiger partial charge < -0.3 is 10.2 Å². The number of nitrogens with zero attached hydrogens (tertiary/aromatic N) is 2. The van der Waals surface area contributed by atoms with Crippen molar-refractivity contribution in [3.05, 3.63) is 59.9 Å². The van der Waals surface area contributed by atoms with Crippen LogP contribution in [0.15, 0.2) is 48.5 Å². The van der Waals surface area contributed by atoms with Gasteiger partial charge >= 0.3 is 0 Å². The topological polar surface area (TPSA) is 69.7 Å². The highest BCUT2D eigenvalue weighted by Crippen LogP contribution is 2.26. The molecule has 1 amide bonds. The second kappa shape index (κ2) is 9.26. The molecule has 0 radical (unpaired) electrons. The highest BCUT2D eigenvalue weighted by atomic mass is 32.2. The van der Waals surface area contributed by atoms with Crippen molar-refractivity contribution < 1.29 is 17.6 Å². The molecule has 0 saturated carbocycles. The van der Waals surface area contributed by atoms with E-state index in [0.29, 0.717) is 6.54 Å². The molecule has 0 atom stereocenters. The largest absolute Gasteiger partial charge is 0.371 e. The van der Waals surface area contributed by atoms with Crippen molar-refractivity contribution in [2.75, 3.05) is 41.6 Å². The van der Waals surface area contributed by atoms with Crippen LogP contribution in [0.25, 0.3) is 0 Å². The third kappa shape index (κ3) is 5.47. The molecule has 8 heteroatoms. The molecule has 0 bridgehead atoms. The fourth-order valence-corrected chi connectivity index (χ4v) is 4.42. The van der Waals surface area contributed by atoms with Gasteiger partial charge in [-0.2, -0.15) is 0 Å². The van der Waals surface area contributed by atoms with Gasteiger partial charge in [0, 0.05) is 25.3 Å². The molecular formula is C21H26FN3O3S. The molecule has 0 saturated heterocycles. The first-order valence-corrected chi connectivity index (χ1v) is 11.5. The number of aryl methyl sites for hydroxylation is 1. The van der Waals surface area contributed by atoms with E-state index in [1.54, 1.807) is 0 Å². The van der Waals surface area contributed by atoms with Crippen LogP contribution in [0.1, 0.15) is 18.4 Å². The van der Waals surface area contributed by atoms with Crippen molar-refractivity contribution in [3.8, 4) is 0 Å². The minimum Gasteiger partial charge on any atom is -0.371 e. The van der Waals surface area contributed by atoms with Gasteiger partial charge in [0.1, 0.15) is 12.4 Å². The Hall–Kier alpha value is -2.61. The van der Waals surface area contributed by atoms with Crippen LogP contribution in [0.3, 0.4) is 0 Å². The van der Waals surface area contributed by atoms with Crippen LogP contribution < -0.4 is 14.5 Å². The predicted molar refractivity (Wildman–Crippen MR) is 113 cm³/mol. The lowest BCUT2D eigenvalue weighted by Crippen LogP contribution is -2.41. The first-order valence-electron chi connectivity index (χ1n) is 9.68. The van der Waals surface area contributed by atoms with E-state index in [2.05, 4.69) is 22.3 Å². The van der Waals surface area contributed by atoms with E-state index in [1.807, 2.05) is 12.1 Å². The number of carbonyl (C=O) groups excluding carboxylic acids is 1. The summed E-state index contributed by atoms with van der Waals surface area (Å²) in [4.78, 5) is 14.6. The van der Waals surface area contributed by atoms with Gasteiger partial charge in [-0.1, -0.05) is 30.3 Å². The summed E-state index contributed by atoms with van der Waals surface area (Å²) in [7, 11) is -3.79. The Balaban J connectivity index is 1.52. The Morgan fingerprint density at radius 2 is 1.90 bits per heavy atom. The number of fused-ring (bicyclic) bond motifs is 1. The Kier molecular flexibility index (Phi) is 6.74. The Morgan fingerprint density at radius 3 is 2.66 bits per heavy atom. The summed E-state index contributed by atoms with van der Waals surface area (Å²) in [5, 5.41) is 2.74. The van der Waals surface area contributed by atoms with E-state index >= 15 is 0 Å². The number of nitrogens with one attached hydrogen (secondary N) is 1. The summed E-state index contributed by atoms with van der Waals surface area (Å²) >= 11 is 0. The number of anilines is 2. The predicted octanol–water partition coefficient (Wildman–Crippen LogP) is 2.55. The molecule has 1 heterocycles. The number of carbonyl (C=O) groups is 1. The van der Waals surface area contributed by atoms with Crippen molar-refractivity contribution >= 4 is 27.3 Å². The molecule has 1 aliphatic rings. The second-order valence-electron chi connectivity index (χ2n) is 7.14. The fraction of sp³-hybridized carbons (Fsp3) is 0.381. The van der Waals surface area contributed by atoms with Gasteiger partial charge in [0.15, 0.2) is 0 Å². The smallest absolute Gasteiger partial charge is 0.240 e. The van der Waals surface area contributed by atoms with Crippen molar-refractivity contribution in [1.29, 1.82) is 0 Å². The van der Waals surface area contributed by atoms with Gasteiger partial charge in [0.25, 0.3) is 0 Å². The van der Waals surface area contributed by atoms with Gasteiger partial charge in [-0.3, -0.25) is 9.10 Å². The van der Waals surface area contributed by atoms with E-state index in [0.717, 1.165) is 42.9 Å². The first-order chi connectivity index (χ1) is 13.9. The van der Waals surface area contributed by atoms with Gasteiger partial charge in [-0.25, -0.2) is 12.8 Å². The first kappa shape index (κ1) is 21.1. The van der Waals surface area contributed by atoms with Crippen LogP contribution >= 0.6 is 0 Å². The summed E-state index contributed by atoms with van der Waals surface area (Å²) in [6.07, 6.45) is 3.88. The van der Waals surface area contributed by atoms with Crippen molar-refractivity contribution in [3.63, 3.8) is 0 Å². The highest BCUT2D eigenvalue weighted by molar-refractivity contribution is 7.92.